The average molecular weight is 336 g/mol. The van der Waals surface area contributed by atoms with E-state index in [-0.39, 0.29) is 24.0 Å². The highest BCUT2D eigenvalue weighted by atomic mass is 32.2. The van der Waals surface area contributed by atoms with Gasteiger partial charge in [-0.15, -0.1) is 0 Å². The van der Waals surface area contributed by atoms with E-state index >= 15 is 0 Å². The molecule has 1 amide bonds. The summed E-state index contributed by atoms with van der Waals surface area (Å²) in [6, 6.07) is 6.20. The average Bonchev–Trinajstić information content (AvgIpc) is 2.91. The van der Waals surface area contributed by atoms with E-state index in [9.17, 15) is 13.2 Å². The van der Waals surface area contributed by atoms with Gasteiger partial charge in [-0.05, 0) is 31.2 Å². The van der Waals surface area contributed by atoms with Gasteiger partial charge >= 0.3 is 0 Å². The molecule has 122 valence electrons. The van der Waals surface area contributed by atoms with E-state index in [2.05, 4.69) is 15.1 Å². The summed E-state index contributed by atoms with van der Waals surface area (Å²) < 4.78 is 34.0. The van der Waals surface area contributed by atoms with Gasteiger partial charge in [-0.1, -0.05) is 0 Å². The molecule has 1 aliphatic rings. The number of hydrogen-bond acceptors (Lipinski definition) is 5. The van der Waals surface area contributed by atoms with Crippen molar-refractivity contribution in [1.82, 2.24) is 14.5 Å². The molecule has 2 N–H and O–H groups in total. The number of carbonyl (C=O) groups excluding carboxylic acids is 1. The van der Waals surface area contributed by atoms with Crippen LogP contribution in [0, 0.1) is 6.92 Å². The van der Waals surface area contributed by atoms with Crippen LogP contribution < -0.4 is 14.8 Å². The largest absolute Gasteiger partial charge is 0.482 e. The Hall–Kier alpha value is -2.39. The monoisotopic (exact) mass is 336 g/mol. The molecule has 8 nitrogen and oxygen atoms in total. The maximum atomic E-state index is 12.3. The van der Waals surface area contributed by atoms with Crippen LogP contribution >= 0.6 is 0 Å². The minimum absolute atomic E-state index is 0.0682. The molecule has 1 aliphatic heterocycles. The molecule has 0 atom stereocenters. The van der Waals surface area contributed by atoms with Crippen molar-refractivity contribution in [3.8, 4) is 5.75 Å². The van der Waals surface area contributed by atoms with Gasteiger partial charge < -0.3 is 10.1 Å². The first-order chi connectivity index (χ1) is 10.9. The van der Waals surface area contributed by atoms with Crippen LogP contribution in [0.3, 0.4) is 0 Å². The lowest BCUT2D eigenvalue weighted by molar-refractivity contribution is -0.118. The van der Waals surface area contributed by atoms with Crippen LogP contribution in [0.2, 0.25) is 0 Å². The summed E-state index contributed by atoms with van der Waals surface area (Å²) in [5.41, 5.74) is 1.23. The van der Waals surface area contributed by atoms with Crippen LogP contribution in [0.1, 0.15) is 5.69 Å². The lowest BCUT2D eigenvalue weighted by atomic mass is 10.2. The van der Waals surface area contributed by atoms with Crippen molar-refractivity contribution in [2.75, 3.05) is 18.5 Å². The van der Waals surface area contributed by atoms with Gasteiger partial charge in [0.25, 0.3) is 5.91 Å². The Bertz CT molecular complexity index is 844. The van der Waals surface area contributed by atoms with Gasteiger partial charge in [0.05, 0.1) is 22.8 Å². The first kappa shape index (κ1) is 15.5. The van der Waals surface area contributed by atoms with Crippen molar-refractivity contribution < 1.29 is 17.9 Å². The molecule has 0 radical (unpaired) electrons. The van der Waals surface area contributed by atoms with Gasteiger partial charge in [0.2, 0.25) is 10.0 Å². The topological polar surface area (TPSA) is 102 Å². The summed E-state index contributed by atoms with van der Waals surface area (Å²) >= 11 is 0. The molecule has 0 unspecified atom stereocenters. The van der Waals surface area contributed by atoms with Gasteiger partial charge in [-0.3, -0.25) is 9.48 Å². The van der Waals surface area contributed by atoms with E-state index < -0.39 is 10.0 Å². The van der Waals surface area contributed by atoms with Gasteiger partial charge in [0.1, 0.15) is 5.75 Å². The molecular weight excluding hydrogens is 320 g/mol. The molecule has 9 heteroatoms. The molecule has 2 aromatic rings. The van der Waals surface area contributed by atoms with Gasteiger partial charge in [-0.2, -0.15) is 5.10 Å². The third-order valence-corrected chi connectivity index (χ3v) is 4.76. The number of carbonyl (C=O) groups is 1. The van der Waals surface area contributed by atoms with Crippen molar-refractivity contribution in [3.05, 3.63) is 36.2 Å². The van der Waals surface area contributed by atoms with Crippen LogP contribution in [-0.4, -0.2) is 37.3 Å². The molecule has 0 spiro atoms. The Morgan fingerprint density at radius 3 is 2.96 bits per heavy atom. The highest BCUT2D eigenvalue weighted by Crippen LogP contribution is 2.29. The molecule has 1 aromatic carbocycles. The zero-order valence-electron chi connectivity index (χ0n) is 12.4. The minimum atomic E-state index is -3.67. The summed E-state index contributed by atoms with van der Waals surface area (Å²) in [5, 5.41) is 6.77. The number of hydrogen-bond donors (Lipinski definition) is 2. The third kappa shape index (κ3) is 3.51. The quantitative estimate of drug-likeness (QED) is 0.828. The number of aryl methyl sites for hydroxylation is 1. The standard InChI is InChI=1S/C14H16N4O4S/c1-10-4-6-18(17-10)7-5-15-23(20,21)11-2-3-13-12(8-11)16-14(19)9-22-13/h2-4,6,8,15H,5,7,9H2,1H3,(H,16,19). The van der Waals surface area contributed by atoms with E-state index in [1.165, 1.54) is 18.2 Å². The van der Waals surface area contributed by atoms with E-state index in [0.29, 0.717) is 18.0 Å². The third-order valence-electron chi connectivity index (χ3n) is 3.30. The lowest BCUT2D eigenvalue weighted by Gasteiger charge is -2.18. The van der Waals surface area contributed by atoms with Gasteiger partial charge in [0, 0.05) is 12.7 Å². The summed E-state index contributed by atoms with van der Waals surface area (Å²) in [6.07, 6.45) is 1.79. The lowest BCUT2D eigenvalue weighted by Crippen LogP contribution is -2.29. The molecular formula is C14H16N4O4S. The van der Waals surface area contributed by atoms with Crippen molar-refractivity contribution >= 4 is 21.6 Å². The maximum absolute atomic E-state index is 12.3. The van der Waals surface area contributed by atoms with Crippen LogP contribution in [0.4, 0.5) is 5.69 Å². The predicted molar refractivity (Wildman–Crippen MR) is 82.7 cm³/mol. The van der Waals surface area contributed by atoms with Crippen LogP contribution in [0.15, 0.2) is 35.4 Å². The van der Waals surface area contributed by atoms with Crippen LogP contribution in [0.5, 0.6) is 5.75 Å². The zero-order valence-corrected chi connectivity index (χ0v) is 13.3. The molecule has 3 rings (SSSR count). The molecule has 0 bridgehead atoms. The van der Waals surface area contributed by atoms with E-state index in [1.807, 2.05) is 13.0 Å². The van der Waals surface area contributed by atoms with Crippen molar-refractivity contribution in [1.29, 1.82) is 0 Å². The summed E-state index contributed by atoms with van der Waals surface area (Å²) in [4.78, 5) is 11.4. The Balaban J connectivity index is 1.69. The Kier molecular flexibility index (Phi) is 4.05. The SMILES string of the molecule is Cc1ccn(CCNS(=O)(=O)c2ccc3c(c2)NC(=O)CO3)n1. The number of anilines is 1. The van der Waals surface area contributed by atoms with E-state index in [1.54, 1.807) is 10.9 Å². The number of ether oxygens (including phenoxy) is 1. The number of nitrogens with zero attached hydrogens (tertiary/aromatic N) is 2. The number of aromatic nitrogens is 2. The highest BCUT2D eigenvalue weighted by molar-refractivity contribution is 7.89. The van der Waals surface area contributed by atoms with Crippen LogP contribution in [-0.2, 0) is 21.4 Å². The molecule has 0 aliphatic carbocycles. The molecule has 0 fully saturated rings. The first-order valence-electron chi connectivity index (χ1n) is 7.00. The summed E-state index contributed by atoms with van der Waals surface area (Å²) in [6.45, 7) is 2.44. The second-order valence-electron chi connectivity index (χ2n) is 5.11. The fourth-order valence-electron chi connectivity index (χ4n) is 2.19. The molecule has 23 heavy (non-hydrogen) atoms. The van der Waals surface area contributed by atoms with Crippen molar-refractivity contribution in [3.63, 3.8) is 0 Å². The minimum Gasteiger partial charge on any atom is -0.482 e. The Labute approximate surface area is 133 Å². The fourth-order valence-corrected chi connectivity index (χ4v) is 3.24. The van der Waals surface area contributed by atoms with E-state index in [4.69, 9.17) is 4.74 Å². The first-order valence-corrected chi connectivity index (χ1v) is 8.49. The number of rotatable bonds is 5. The van der Waals surface area contributed by atoms with Gasteiger partial charge in [-0.25, -0.2) is 13.1 Å². The smallest absolute Gasteiger partial charge is 0.262 e. The summed E-state index contributed by atoms with van der Waals surface area (Å²) in [5.74, 6) is 0.143. The number of sulfonamides is 1. The predicted octanol–water partition coefficient (Wildman–Crippen LogP) is 0.501. The summed E-state index contributed by atoms with van der Waals surface area (Å²) in [7, 11) is -3.67. The Morgan fingerprint density at radius 2 is 2.22 bits per heavy atom. The molecule has 1 aromatic heterocycles. The van der Waals surface area contributed by atoms with Crippen molar-refractivity contribution in [2.24, 2.45) is 0 Å². The van der Waals surface area contributed by atoms with E-state index in [0.717, 1.165) is 5.69 Å². The normalized spacial score (nSPS) is 14.0. The highest BCUT2D eigenvalue weighted by Gasteiger charge is 2.20. The number of nitrogens with one attached hydrogen (secondary N) is 2. The molecule has 2 heterocycles. The van der Waals surface area contributed by atoms with Crippen molar-refractivity contribution in [2.45, 2.75) is 18.4 Å². The van der Waals surface area contributed by atoms with Gasteiger partial charge in [0.15, 0.2) is 6.61 Å². The second-order valence-corrected chi connectivity index (χ2v) is 6.88. The maximum Gasteiger partial charge on any atom is 0.262 e. The number of benzene rings is 1. The number of amides is 1. The Morgan fingerprint density at radius 1 is 1.39 bits per heavy atom. The van der Waals surface area contributed by atoms with Crippen LogP contribution in [0.25, 0.3) is 0 Å². The fraction of sp³-hybridized carbons (Fsp3) is 0.286. The molecule has 0 saturated heterocycles. The second kappa shape index (κ2) is 6.01. The molecule has 0 saturated carbocycles. The number of fused-ring (bicyclic) bond motifs is 1. The zero-order chi connectivity index (χ0) is 16.4.